The average molecular weight is 217 g/mol. The summed E-state index contributed by atoms with van der Waals surface area (Å²) in [7, 11) is 0. The van der Waals surface area contributed by atoms with Gasteiger partial charge in [-0.1, -0.05) is 0 Å². The van der Waals surface area contributed by atoms with Gasteiger partial charge in [0, 0.05) is 0 Å². The normalized spacial score (nSPS) is 11.9. The van der Waals surface area contributed by atoms with Crippen LogP contribution in [0.2, 0.25) is 0 Å². The van der Waals surface area contributed by atoms with Gasteiger partial charge in [0.1, 0.15) is 11.2 Å². The SMILES string of the molecule is Nc1c(OC(F)(F)F)ccc2[nH]cnc12. The van der Waals surface area contributed by atoms with Crippen LogP contribution in [-0.4, -0.2) is 16.3 Å². The molecule has 7 heteroatoms. The second kappa shape index (κ2) is 3.04. The van der Waals surface area contributed by atoms with E-state index in [0.717, 1.165) is 6.07 Å². The predicted octanol–water partition coefficient (Wildman–Crippen LogP) is 2.04. The minimum Gasteiger partial charge on any atom is -0.403 e. The van der Waals surface area contributed by atoms with E-state index in [1.54, 1.807) is 0 Å². The second-order valence-electron chi connectivity index (χ2n) is 2.82. The molecule has 1 heterocycles. The van der Waals surface area contributed by atoms with E-state index >= 15 is 0 Å². The highest BCUT2D eigenvalue weighted by molar-refractivity contribution is 5.90. The molecule has 0 aliphatic carbocycles. The number of nitrogens with zero attached hydrogens (tertiary/aromatic N) is 1. The first-order chi connectivity index (χ1) is 6.97. The first-order valence-electron chi connectivity index (χ1n) is 3.95. The molecular weight excluding hydrogens is 211 g/mol. The van der Waals surface area contributed by atoms with E-state index in [-0.39, 0.29) is 11.2 Å². The van der Waals surface area contributed by atoms with Crippen LogP contribution in [0.3, 0.4) is 0 Å². The van der Waals surface area contributed by atoms with Crippen LogP contribution < -0.4 is 10.5 Å². The maximum Gasteiger partial charge on any atom is 0.573 e. The van der Waals surface area contributed by atoms with Crippen molar-refractivity contribution in [3.05, 3.63) is 18.5 Å². The summed E-state index contributed by atoms with van der Waals surface area (Å²) in [6.07, 6.45) is -3.41. The number of alkyl halides is 3. The zero-order valence-corrected chi connectivity index (χ0v) is 7.30. The van der Waals surface area contributed by atoms with E-state index in [4.69, 9.17) is 5.73 Å². The molecule has 0 atom stereocenters. The number of rotatable bonds is 1. The van der Waals surface area contributed by atoms with E-state index in [1.807, 2.05) is 0 Å². The predicted molar refractivity (Wildman–Crippen MR) is 47.2 cm³/mol. The summed E-state index contributed by atoms with van der Waals surface area (Å²) in [4.78, 5) is 6.50. The van der Waals surface area contributed by atoms with Crippen LogP contribution in [0.25, 0.3) is 11.0 Å². The molecule has 4 nitrogen and oxygen atoms in total. The van der Waals surface area contributed by atoms with Crippen LogP contribution in [0.15, 0.2) is 18.5 Å². The highest BCUT2D eigenvalue weighted by Crippen LogP contribution is 2.32. The molecule has 0 saturated heterocycles. The minimum absolute atomic E-state index is 0.133. The first kappa shape index (κ1) is 9.63. The third kappa shape index (κ3) is 1.80. The van der Waals surface area contributed by atoms with E-state index in [9.17, 15) is 13.2 Å². The van der Waals surface area contributed by atoms with Gasteiger partial charge in [0.25, 0.3) is 0 Å². The Labute approximate surface area is 81.9 Å². The van der Waals surface area contributed by atoms with Crippen LogP contribution in [-0.2, 0) is 0 Å². The van der Waals surface area contributed by atoms with Crippen molar-refractivity contribution in [2.24, 2.45) is 0 Å². The smallest absolute Gasteiger partial charge is 0.403 e. The molecule has 1 aromatic carbocycles. The van der Waals surface area contributed by atoms with Gasteiger partial charge in [-0.05, 0) is 12.1 Å². The number of benzene rings is 1. The molecule has 1 aromatic heterocycles. The quantitative estimate of drug-likeness (QED) is 0.718. The maximum atomic E-state index is 11.9. The number of H-pyrrole nitrogens is 1. The fraction of sp³-hybridized carbons (Fsp3) is 0.125. The summed E-state index contributed by atoms with van der Waals surface area (Å²) in [5, 5.41) is 0. The lowest BCUT2D eigenvalue weighted by Crippen LogP contribution is -2.18. The number of nitrogens with one attached hydrogen (secondary N) is 1. The second-order valence-corrected chi connectivity index (χ2v) is 2.82. The summed E-state index contributed by atoms with van der Waals surface area (Å²) in [5.41, 5.74) is 6.15. The number of halogens is 3. The summed E-state index contributed by atoms with van der Waals surface area (Å²) >= 11 is 0. The van der Waals surface area contributed by atoms with E-state index < -0.39 is 12.1 Å². The Morgan fingerprint density at radius 1 is 1.33 bits per heavy atom. The molecule has 0 amide bonds. The van der Waals surface area contributed by atoms with Crippen molar-refractivity contribution in [3.63, 3.8) is 0 Å². The molecule has 0 fully saturated rings. The molecular formula is C8H6F3N3O. The molecule has 0 aliphatic heterocycles. The lowest BCUT2D eigenvalue weighted by atomic mass is 10.2. The Balaban J connectivity index is 2.48. The van der Waals surface area contributed by atoms with Gasteiger partial charge in [-0.2, -0.15) is 0 Å². The van der Waals surface area contributed by atoms with Gasteiger partial charge in [0.05, 0.1) is 11.8 Å². The molecule has 2 aromatic rings. The lowest BCUT2D eigenvalue weighted by Gasteiger charge is -2.10. The maximum absolute atomic E-state index is 11.9. The molecule has 0 saturated carbocycles. The van der Waals surface area contributed by atoms with Crippen molar-refractivity contribution in [2.75, 3.05) is 5.73 Å². The van der Waals surface area contributed by atoms with E-state index in [2.05, 4.69) is 14.7 Å². The van der Waals surface area contributed by atoms with Crippen molar-refractivity contribution >= 4 is 16.7 Å². The van der Waals surface area contributed by atoms with Crippen molar-refractivity contribution < 1.29 is 17.9 Å². The summed E-state index contributed by atoms with van der Waals surface area (Å²) in [6, 6.07) is 2.56. The third-order valence-corrected chi connectivity index (χ3v) is 1.82. The average Bonchev–Trinajstić information content (AvgIpc) is 2.56. The largest absolute Gasteiger partial charge is 0.573 e. The fourth-order valence-corrected chi connectivity index (χ4v) is 1.23. The van der Waals surface area contributed by atoms with Crippen molar-refractivity contribution in [3.8, 4) is 5.75 Å². The number of aromatic nitrogens is 2. The van der Waals surface area contributed by atoms with Gasteiger partial charge < -0.3 is 15.5 Å². The Morgan fingerprint density at radius 3 is 2.73 bits per heavy atom. The van der Waals surface area contributed by atoms with Gasteiger partial charge >= 0.3 is 6.36 Å². The zero-order chi connectivity index (χ0) is 11.1. The number of anilines is 1. The number of fused-ring (bicyclic) bond motifs is 1. The summed E-state index contributed by atoms with van der Waals surface area (Å²) in [5.74, 6) is -0.442. The van der Waals surface area contributed by atoms with E-state index in [1.165, 1.54) is 12.4 Å². The molecule has 80 valence electrons. The Bertz CT molecular complexity index is 491. The highest BCUT2D eigenvalue weighted by atomic mass is 19.4. The van der Waals surface area contributed by atoms with Gasteiger partial charge in [-0.15, -0.1) is 13.2 Å². The number of nitrogen functional groups attached to an aromatic ring is 1. The van der Waals surface area contributed by atoms with Crippen LogP contribution in [0.4, 0.5) is 18.9 Å². The first-order valence-corrected chi connectivity index (χ1v) is 3.95. The van der Waals surface area contributed by atoms with Crippen molar-refractivity contribution in [1.29, 1.82) is 0 Å². The molecule has 0 unspecified atom stereocenters. The number of hydrogen-bond donors (Lipinski definition) is 2. The minimum atomic E-state index is -4.75. The molecule has 0 spiro atoms. The van der Waals surface area contributed by atoms with Gasteiger partial charge in [0.2, 0.25) is 0 Å². The third-order valence-electron chi connectivity index (χ3n) is 1.82. The molecule has 0 bridgehead atoms. The van der Waals surface area contributed by atoms with Gasteiger partial charge in [-0.3, -0.25) is 0 Å². The lowest BCUT2D eigenvalue weighted by molar-refractivity contribution is -0.274. The number of imidazole rings is 1. The van der Waals surface area contributed by atoms with Crippen LogP contribution in [0.1, 0.15) is 0 Å². The molecule has 3 N–H and O–H groups in total. The Hall–Kier alpha value is -1.92. The number of ether oxygens (including phenoxy) is 1. The standard InChI is InChI=1S/C8H6F3N3O/c9-8(10,11)15-5-2-1-4-7(6(5)12)14-3-13-4/h1-3H,12H2,(H,13,14). The zero-order valence-electron chi connectivity index (χ0n) is 7.30. The number of hydrogen-bond acceptors (Lipinski definition) is 3. The van der Waals surface area contributed by atoms with E-state index in [0.29, 0.717) is 5.52 Å². The summed E-state index contributed by atoms with van der Waals surface area (Å²) < 4.78 is 39.6. The van der Waals surface area contributed by atoms with Crippen molar-refractivity contribution in [2.45, 2.75) is 6.36 Å². The fourth-order valence-electron chi connectivity index (χ4n) is 1.23. The molecule has 0 aliphatic rings. The van der Waals surface area contributed by atoms with Crippen LogP contribution in [0, 0.1) is 0 Å². The van der Waals surface area contributed by atoms with Gasteiger partial charge in [-0.25, -0.2) is 4.98 Å². The number of aromatic amines is 1. The topological polar surface area (TPSA) is 63.9 Å². The molecule has 2 rings (SSSR count). The molecule has 0 radical (unpaired) electrons. The highest BCUT2D eigenvalue weighted by Gasteiger charge is 2.32. The Morgan fingerprint density at radius 2 is 2.07 bits per heavy atom. The van der Waals surface area contributed by atoms with Crippen molar-refractivity contribution in [1.82, 2.24) is 9.97 Å². The Kier molecular flexibility index (Phi) is 1.95. The molecule has 15 heavy (non-hydrogen) atoms. The number of nitrogens with two attached hydrogens (primary N) is 1. The van der Waals surface area contributed by atoms with Crippen LogP contribution >= 0.6 is 0 Å². The summed E-state index contributed by atoms with van der Waals surface area (Å²) in [6.45, 7) is 0. The van der Waals surface area contributed by atoms with Crippen LogP contribution in [0.5, 0.6) is 5.75 Å². The van der Waals surface area contributed by atoms with Gasteiger partial charge in [0.15, 0.2) is 5.75 Å². The monoisotopic (exact) mass is 217 g/mol.